The molecule has 1 aromatic heterocycles. The monoisotopic (exact) mass is 382 g/mol. The standard InChI is InChI=1S/C18H26N2O5S/c1-23-11-12-25-14-24-10-7-16-3-2-9-20(16)26(21,22)17-5-4-15-6-8-19-18(15)13-17/h4-6,8,13,16,19H,2-3,7,9-12,14H2,1H3. The van der Waals surface area contributed by atoms with E-state index in [-0.39, 0.29) is 12.8 Å². The molecule has 1 unspecified atom stereocenters. The fourth-order valence-corrected chi connectivity index (χ4v) is 5.03. The second kappa shape index (κ2) is 8.96. The van der Waals surface area contributed by atoms with Gasteiger partial charge in [-0.05, 0) is 42.8 Å². The maximum Gasteiger partial charge on any atom is 0.243 e. The third kappa shape index (κ3) is 4.44. The van der Waals surface area contributed by atoms with Gasteiger partial charge in [0.05, 0.1) is 24.7 Å². The molecule has 1 aliphatic heterocycles. The Balaban J connectivity index is 1.57. The van der Waals surface area contributed by atoms with Crippen LogP contribution in [0.2, 0.25) is 0 Å². The van der Waals surface area contributed by atoms with Gasteiger partial charge in [-0.1, -0.05) is 6.07 Å². The molecule has 144 valence electrons. The van der Waals surface area contributed by atoms with E-state index in [4.69, 9.17) is 14.2 Å². The van der Waals surface area contributed by atoms with Crippen LogP contribution in [0.15, 0.2) is 35.4 Å². The quantitative estimate of drug-likeness (QED) is 0.504. The summed E-state index contributed by atoms with van der Waals surface area (Å²) in [5, 5.41) is 1.00. The van der Waals surface area contributed by atoms with Crippen molar-refractivity contribution in [3.63, 3.8) is 0 Å². The van der Waals surface area contributed by atoms with Crippen LogP contribution in [0.25, 0.3) is 10.9 Å². The molecular formula is C18H26N2O5S. The average Bonchev–Trinajstić information content (AvgIpc) is 3.29. The van der Waals surface area contributed by atoms with Gasteiger partial charge in [0, 0.05) is 31.4 Å². The highest BCUT2D eigenvalue weighted by Crippen LogP contribution is 2.29. The highest BCUT2D eigenvalue weighted by atomic mass is 32.2. The number of aromatic amines is 1. The minimum absolute atomic E-state index is 0.0293. The highest BCUT2D eigenvalue weighted by molar-refractivity contribution is 7.89. The van der Waals surface area contributed by atoms with E-state index in [1.807, 2.05) is 18.3 Å². The van der Waals surface area contributed by atoms with E-state index in [1.54, 1.807) is 23.5 Å². The van der Waals surface area contributed by atoms with Gasteiger partial charge in [0.1, 0.15) is 6.79 Å². The fourth-order valence-electron chi connectivity index (χ4n) is 3.28. The molecule has 3 rings (SSSR count). The van der Waals surface area contributed by atoms with Crippen molar-refractivity contribution < 1.29 is 22.6 Å². The summed E-state index contributed by atoms with van der Waals surface area (Å²) in [7, 11) is -1.88. The normalized spacial score (nSPS) is 18.7. The van der Waals surface area contributed by atoms with Crippen LogP contribution in [0.1, 0.15) is 19.3 Å². The zero-order valence-electron chi connectivity index (χ0n) is 15.0. The number of H-pyrrole nitrogens is 1. The lowest BCUT2D eigenvalue weighted by atomic mass is 10.2. The van der Waals surface area contributed by atoms with Crippen molar-refractivity contribution in [1.82, 2.24) is 9.29 Å². The number of methoxy groups -OCH3 is 1. The Morgan fingerprint density at radius 3 is 2.88 bits per heavy atom. The van der Waals surface area contributed by atoms with Crippen molar-refractivity contribution in [3.8, 4) is 0 Å². The maximum atomic E-state index is 13.1. The Labute approximate surface area is 154 Å². The van der Waals surface area contributed by atoms with E-state index in [9.17, 15) is 8.42 Å². The van der Waals surface area contributed by atoms with E-state index < -0.39 is 10.0 Å². The first-order valence-corrected chi connectivity index (χ1v) is 10.3. The first-order valence-electron chi connectivity index (χ1n) is 8.86. The lowest BCUT2D eigenvalue weighted by Crippen LogP contribution is -2.36. The lowest BCUT2D eigenvalue weighted by molar-refractivity contribution is -0.0679. The first kappa shape index (κ1) is 19.3. The molecule has 7 nitrogen and oxygen atoms in total. The highest BCUT2D eigenvalue weighted by Gasteiger charge is 2.35. The molecule has 1 N–H and O–H groups in total. The Kier molecular flexibility index (Phi) is 6.66. The maximum absolute atomic E-state index is 13.1. The van der Waals surface area contributed by atoms with Gasteiger partial charge in [0.15, 0.2) is 0 Å². The van der Waals surface area contributed by atoms with E-state index in [0.717, 1.165) is 23.7 Å². The minimum Gasteiger partial charge on any atom is -0.382 e. The number of sulfonamides is 1. The molecule has 0 saturated carbocycles. The van der Waals surface area contributed by atoms with E-state index in [1.165, 1.54) is 0 Å². The third-order valence-electron chi connectivity index (χ3n) is 4.65. The fraction of sp³-hybridized carbons (Fsp3) is 0.556. The summed E-state index contributed by atoms with van der Waals surface area (Å²) in [6.07, 6.45) is 4.21. The summed E-state index contributed by atoms with van der Waals surface area (Å²) in [6, 6.07) is 7.13. The van der Waals surface area contributed by atoms with Crippen molar-refractivity contribution in [2.24, 2.45) is 0 Å². The number of ether oxygens (including phenoxy) is 3. The SMILES string of the molecule is COCCOCOCCC1CCCN1S(=O)(=O)c1ccc2cc[nH]c2c1. The van der Waals surface area contributed by atoms with Crippen LogP contribution in [-0.2, 0) is 24.2 Å². The van der Waals surface area contributed by atoms with Crippen LogP contribution in [-0.4, -0.2) is 64.0 Å². The van der Waals surface area contributed by atoms with Crippen LogP contribution in [0.4, 0.5) is 0 Å². The number of hydrogen-bond donors (Lipinski definition) is 1. The summed E-state index contributed by atoms with van der Waals surface area (Å²) < 4.78 is 43.3. The van der Waals surface area contributed by atoms with Crippen molar-refractivity contribution in [1.29, 1.82) is 0 Å². The number of nitrogens with one attached hydrogen (secondary N) is 1. The van der Waals surface area contributed by atoms with Gasteiger partial charge >= 0.3 is 0 Å². The van der Waals surface area contributed by atoms with Gasteiger partial charge in [-0.15, -0.1) is 0 Å². The second-order valence-electron chi connectivity index (χ2n) is 6.35. The first-order chi connectivity index (χ1) is 12.6. The topological polar surface area (TPSA) is 80.9 Å². The van der Waals surface area contributed by atoms with Gasteiger partial charge < -0.3 is 19.2 Å². The molecule has 0 radical (unpaired) electrons. The number of fused-ring (bicyclic) bond motifs is 1. The average molecular weight is 382 g/mol. The van der Waals surface area contributed by atoms with Gasteiger partial charge in [-0.3, -0.25) is 0 Å². The van der Waals surface area contributed by atoms with E-state index in [0.29, 0.717) is 37.7 Å². The molecule has 2 aromatic rings. The molecule has 1 atom stereocenters. The minimum atomic E-state index is -3.50. The van der Waals surface area contributed by atoms with Gasteiger partial charge in [0.2, 0.25) is 10.0 Å². The molecule has 0 aliphatic carbocycles. The predicted octanol–water partition coefficient (Wildman–Crippen LogP) is 2.35. The van der Waals surface area contributed by atoms with Crippen LogP contribution in [0.5, 0.6) is 0 Å². The number of aromatic nitrogens is 1. The molecule has 0 amide bonds. The molecular weight excluding hydrogens is 356 g/mol. The van der Waals surface area contributed by atoms with Gasteiger partial charge in [-0.25, -0.2) is 8.42 Å². The smallest absolute Gasteiger partial charge is 0.243 e. The lowest BCUT2D eigenvalue weighted by Gasteiger charge is -2.24. The van der Waals surface area contributed by atoms with E-state index >= 15 is 0 Å². The molecule has 1 fully saturated rings. The summed E-state index contributed by atoms with van der Waals surface area (Å²) in [5.41, 5.74) is 0.832. The Hall–Kier alpha value is -1.45. The third-order valence-corrected chi connectivity index (χ3v) is 6.60. The summed E-state index contributed by atoms with van der Waals surface area (Å²) >= 11 is 0. The molecule has 1 aromatic carbocycles. The van der Waals surface area contributed by atoms with Crippen molar-refractivity contribution in [2.45, 2.75) is 30.2 Å². The van der Waals surface area contributed by atoms with Crippen LogP contribution < -0.4 is 0 Å². The Morgan fingerprint density at radius 2 is 2.04 bits per heavy atom. The number of rotatable bonds is 10. The molecule has 1 aliphatic rings. The number of hydrogen-bond acceptors (Lipinski definition) is 5. The van der Waals surface area contributed by atoms with Gasteiger partial charge in [0.25, 0.3) is 0 Å². The molecule has 1 saturated heterocycles. The summed E-state index contributed by atoms with van der Waals surface area (Å²) in [5.74, 6) is 0. The van der Waals surface area contributed by atoms with Crippen LogP contribution >= 0.6 is 0 Å². The number of benzene rings is 1. The zero-order valence-corrected chi connectivity index (χ0v) is 15.8. The largest absolute Gasteiger partial charge is 0.382 e. The van der Waals surface area contributed by atoms with E-state index in [2.05, 4.69) is 4.98 Å². The molecule has 2 heterocycles. The molecule has 0 bridgehead atoms. The second-order valence-corrected chi connectivity index (χ2v) is 8.24. The summed E-state index contributed by atoms with van der Waals surface area (Å²) in [4.78, 5) is 3.41. The van der Waals surface area contributed by atoms with Crippen molar-refractivity contribution >= 4 is 20.9 Å². The van der Waals surface area contributed by atoms with Crippen molar-refractivity contribution in [2.75, 3.05) is 40.3 Å². The van der Waals surface area contributed by atoms with Gasteiger partial charge in [-0.2, -0.15) is 4.31 Å². The Morgan fingerprint density at radius 1 is 1.19 bits per heavy atom. The van der Waals surface area contributed by atoms with Crippen LogP contribution in [0, 0.1) is 0 Å². The predicted molar refractivity (Wildman–Crippen MR) is 98.5 cm³/mol. The van der Waals surface area contributed by atoms with Crippen LogP contribution in [0.3, 0.4) is 0 Å². The number of nitrogens with zero attached hydrogens (tertiary/aromatic N) is 1. The molecule has 0 spiro atoms. The molecule has 8 heteroatoms. The Bertz CT molecular complexity index is 805. The molecule has 26 heavy (non-hydrogen) atoms. The van der Waals surface area contributed by atoms with Crippen molar-refractivity contribution in [3.05, 3.63) is 30.5 Å². The zero-order chi connectivity index (χ0) is 18.4. The summed E-state index contributed by atoms with van der Waals surface area (Å²) in [6.45, 7) is 2.25.